The van der Waals surface area contributed by atoms with Crippen LogP contribution in [0.1, 0.15) is 23.2 Å². The van der Waals surface area contributed by atoms with Gasteiger partial charge in [-0.25, -0.2) is 9.48 Å². The molecule has 0 N–H and O–H groups in total. The lowest BCUT2D eigenvalue weighted by Gasteiger charge is -2.05. The minimum atomic E-state index is -0.465. The van der Waals surface area contributed by atoms with E-state index in [0.717, 1.165) is 11.3 Å². The minimum absolute atomic E-state index is 0.195. The largest absolute Gasteiger partial charge is 0.497 e. The van der Waals surface area contributed by atoms with Crippen molar-refractivity contribution in [2.45, 2.75) is 12.8 Å². The van der Waals surface area contributed by atoms with Crippen molar-refractivity contribution in [3.05, 3.63) is 66.4 Å². The van der Waals surface area contributed by atoms with Crippen LogP contribution >= 0.6 is 0 Å². The van der Waals surface area contributed by atoms with Gasteiger partial charge in [0.25, 0.3) is 0 Å². The van der Waals surface area contributed by atoms with Crippen LogP contribution in [0.2, 0.25) is 0 Å². The lowest BCUT2D eigenvalue weighted by Crippen LogP contribution is -2.07. The van der Waals surface area contributed by atoms with Crippen molar-refractivity contribution in [3.63, 3.8) is 0 Å². The molecule has 3 aromatic rings. The van der Waals surface area contributed by atoms with E-state index in [-0.39, 0.29) is 6.61 Å². The SMILES string of the molecule is COc1cccc(-c2nn(-c3ccccc3)cc2C(=O)OCCCC#N)c1. The van der Waals surface area contributed by atoms with Crippen molar-refractivity contribution < 1.29 is 14.3 Å². The highest BCUT2D eigenvalue weighted by molar-refractivity contribution is 5.96. The van der Waals surface area contributed by atoms with Gasteiger partial charge >= 0.3 is 5.97 Å². The third kappa shape index (κ3) is 4.33. The summed E-state index contributed by atoms with van der Waals surface area (Å²) in [5.74, 6) is 0.211. The van der Waals surface area contributed by atoms with Crippen LogP contribution in [0, 0.1) is 11.3 Å². The maximum absolute atomic E-state index is 12.6. The van der Waals surface area contributed by atoms with E-state index >= 15 is 0 Å². The number of esters is 1. The van der Waals surface area contributed by atoms with Crippen LogP contribution < -0.4 is 4.74 Å². The molecule has 0 amide bonds. The highest BCUT2D eigenvalue weighted by atomic mass is 16.5. The zero-order chi connectivity index (χ0) is 19.1. The van der Waals surface area contributed by atoms with Crippen LogP contribution in [0.25, 0.3) is 16.9 Å². The molecule has 0 atom stereocenters. The Labute approximate surface area is 157 Å². The molecule has 27 heavy (non-hydrogen) atoms. The van der Waals surface area contributed by atoms with Gasteiger partial charge in [0.15, 0.2) is 0 Å². The number of ether oxygens (including phenoxy) is 2. The number of hydrogen-bond acceptors (Lipinski definition) is 5. The van der Waals surface area contributed by atoms with Gasteiger partial charge in [0.05, 0.1) is 25.5 Å². The summed E-state index contributed by atoms with van der Waals surface area (Å²) in [4.78, 5) is 12.6. The van der Waals surface area contributed by atoms with Gasteiger partial charge in [-0.3, -0.25) is 0 Å². The maximum atomic E-state index is 12.6. The molecule has 0 saturated carbocycles. The first-order chi connectivity index (χ1) is 13.2. The Morgan fingerprint density at radius 3 is 2.74 bits per heavy atom. The molecule has 6 heteroatoms. The number of methoxy groups -OCH3 is 1. The molecule has 0 saturated heterocycles. The summed E-state index contributed by atoms with van der Waals surface area (Å²) in [5, 5.41) is 13.2. The van der Waals surface area contributed by atoms with Crippen molar-refractivity contribution in [2.24, 2.45) is 0 Å². The summed E-state index contributed by atoms with van der Waals surface area (Å²) >= 11 is 0. The predicted molar refractivity (Wildman–Crippen MR) is 101 cm³/mol. The molecule has 0 radical (unpaired) electrons. The van der Waals surface area contributed by atoms with Crippen molar-refractivity contribution in [1.29, 1.82) is 5.26 Å². The summed E-state index contributed by atoms with van der Waals surface area (Å²) in [6, 6.07) is 18.9. The Morgan fingerprint density at radius 2 is 2.00 bits per heavy atom. The third-order valence-electron chi connectivity index (χ3n) is 3.96. The molecular formula is C21H19N3O3. The molecule has 3 rings (SSSR count). The topological polar surface area (TPSA) is 77.1 Å². The van der Waals surface area contributed by atoms with Crippen molar-refractivity contribution in [3.8, 4) is 28.8 Å². The minimum Gasteiger partial charge on any atom is -0.497 e. The van der Waals surface area contributed by atoms with E-state index in [4.69, 9.17) is 14.7 Å². The lowest BCUT2D eigenvalue weighted by molar-refractivity contribution is 0.0502. The number of rotatable bonds is 7. The average Bonchev–Trinajstić information content (AvgIpc) is 3.17. The molecule has 0 unspecified atom stereocenters. The van der Waals surface area contributed by atoms with E-state index in [1.807, 2.05) is 60.7 Å². The fourth-order valence-electron chi connectivity index (χ4n) is 2.61. The molecule has 0 aliphatic carbocycles. The fraction of sp³-hybridized carbons (Fsp3) is 0.190. The molecule has 0 bridgehead atoms. The number of nitrogens with zero attached hydrogens (tertiary/aromatic N) is 3. The Balaban J connectivity index is 1.98. The van der Waals surface area contributed by atoms with Crippen LogP contribution in [-0.4, -0.2) is 29.5 Å². The van der Waals surface area contributed by atoms with Crippen LogP contribution in [0.3, 0.4) is 0 Å². The number of unbranched alkanes of at least 4 members (excludes halogenated alkanes) is 1. The van der Waals surface area contributed by atoms with Crippen molar-refractivity contribution in [1.82, 2.24) is 9.78 Å². The quantitative estimate of drug-likeness (QED) is 0.469. The molecule has 136 valence electrons. The second kappa shape index (κ2) is 8.68. The number of hydrogen-bond donors (Lipinski definition) is 0. The van der Waals surface area contributed by atoms with E-state index in [0.29, 0.717) is 29.8 Å². The molecule has 6 nitrogen and oxygen atoms in total. The molecule has 1 heterocycles. The third-order valence-corrected chi connectivity index (χ3v) is 3.96. The van der Waals surface area contributed by atoms with Gasteiger partial charge in [-0.15, -0.1) is 0 Å². The summed E-state index contributed by atoms with van der Waals surface area (Å²) in [5.41, 5.74) is 2.48. The van der Waals surface area contributed by atoms with Gasteiger partial charge in [-0.1, -0.05) is 30.3 Å². The standard InChI is InChI=1S/C21H19N3O3/c1-26-18-11-7-8-16(14-18)20-19(21(25)27-13-6-5-12-22)15-24(23-20)17-9-3-2-4-10-17/h2-4,7-11,14-15H,5-6,13H2,1H3. The zero-order valence-corrected chi connectivity index (χ0v) is 15.0. The van der Waals surface area contributed by atoms with E-state index in [2.05, 4.69) is 5.10 Å². The normalized spacial score (nSPS) is 10.2. The molecule has 0 fully saturated rings. The summed E-state index contributed by atoms with van der Waals surface area (Å²) < 4.78 is 12.3. The first-order valence-electron chi connectivity index (χ1n) is 8.56. The summed E-state index contributed by atoms with van der Waals surface area (Å²) in [6.07, 6.45) is 2.51. The highest BCUT2D eigenvalue weighted by Gasteiger charge is 2.20. The Bertz CT molecular complexity index is 958. The molecule has 2 aromatic carbocycles. The van der Waals surface area contributed by atoms with Crippen LogP contribution in [0.15, 0.2) is 60.8 Å². The van der Waals surface area contributed by atoms with Gasteiger partial charge in [-0.2, -0.15) is 10.4 Å². The molecule has 0 aliphatic rings. The summed E-state index contributed by atoms with van der Waals surface area (Å²) in [7, 11) is 1.59. The second-order valence-electron chi connectivity index (χ2n) is 5.80. The van der Waals surface area contributed by atoms with Crippen LogP contribution in [-0.2, 0) is 4.74 Å². The average molecular weight is 361 g/mol. The molecular weight excluding hydrogens is 342 g/mol. The van der Waals surface area contributed by atoms with Crippen molar-refractivity contribution >= 4 is 5.97 Å². The Hall–Kier alpha value is -3.59. The molecule has 1 aromatic heterocycles. The first kappa shape index (κ1) is 18.2. The van der Waals surface area contributed by atoms with Crippen molar-refractivity contribution in [2.75, 3.05) is 13.7 Å². The number of aromatic nitrogens is 2. The second-order valence-corrected chi connectivity index (χ2v) is 5.80. The van der Waals surface area contributed by atoms with Gasteiger partial charge in [0.2, 0.25) is 0 Å². The predicted octanol–water partition coefficient (Wildman–Crippen LogP) is 4.01. The van der Waals surface area contributed by atoms with Gasteiger partial charge in [0, 0.05) is 18.2 Å². The molecule has 0 spiro atoms. The highest BCUT2D eigenvalue weighted by Crippen LogP contribution is 2.27. The summed E-state index contributed by atoms with van der Waals surface area (Å²) in [6.45, 7) is 0.195. The number of carbonyl (C=O) groups is 1. The Kier molecular flexibility index (Phi) is 5.85. The molecule has 0 aliphatic heterocycles. The number of nitriles is 1. The van der Waals surface area contributed by atoms with E-state index in [9.17, 15) is 4.79 Å². The maximum Gasteiger partial charge on any atom is 0.342 e. The van der Waals surface area contributed by atoms with Crippen LogP contribution in [0.5, 0.6) is 5.75 Å². The first-order valence-corrected chi connectivity index (χ1v) is 8.56. The lowest BCUT2D eigenvalue weighted by atomic mass is 10.1. The van der Waals surface area contributed by atoms with E-state index in [1.165, 1.54) is 0 Å². The number of benzene rings is 2. The van der Waals surface area contributed by atoms with Crippen LogP contribution in [0.4, 0.5) is 0 Å². The number of para-hydroxylation sites is 1. The van der Waals surface area contributed by atoms with Gasteiger partial charge in [0.1, 0.15) is 17.0 Å². The zero-order valence-electron chi connectivity index (χ0n) is 15.0. The Morgan fingerprint density at radius 1 is 1.19 bits per heavy atom. The smallest absolute Gasteiger partial charge is 0.342 e. The fourth-order valence-corrected chi connectivity index (χ4v) is 2.61. The van der Waals surface area contributed by atoms with Gasteiger partial charge in [-0.05, 0) is 30.7 Å². The van der Waals surface area contributed by atoms with E-state index in [1.54, 1.807) is 18.0 Å². The number of carbonyl (C=O) groups excluding carboxylic acids is 1. The van der Waals surface area contributed by atoms with Gasteiger partial charge < -0.3 is 9.47 Å². The monoisotopic (exact) mass is 361 g/mol. The van der Waals surface area contributed by atoms with E-state index < -0.39 is 5.97 Å².